The Morgan fingerprint density at radius 2 is 2.27 bits per heavy atom. The van der Waals surface area contributed by atoms with Crippen molar-refractivity contribution in [1.29, 1.82) is 0 Å². The lowest BCUT2D eigenvalue weighted by molar-refractivity contribution is -0.154. The normalized spacial score (nSPS) is 31.4. The van der Waals surface area contributed by atoms with E-state index in [9.17, 15) is 9.59 Å². The third-order valence-electron chi connectivity index (χ3n) is 2.09. The first-order chi connectivity index (χ1) is 5.21. The van der Waals surface area contributed by atoms with Gasteiger partial charge in [-0.25, -0.2) is 0 Å². The van der Waals surface area contributed by atoms with Gasteiger partial charge in [-0.05, 0) is 26.2 Å². The Morgan fingerprint density at radius 3 is 2.55 bits per heavy atom. The standard InChI is InChI=1S/C8H12O3/c1-7(10)8(6-9)4-2-3-5-11-8/h6H,2-5H2,1H3. The third kappa shape index (κ3) is 1.48. The minimum absolute atomic E-state index is 0.174. The van der Waals surface area contributed by atoms with Crippen LogP contribution in [0.3, 0.4) is 0 Å². The molecule has 1 saturated heterocycles. The fourth-order valence-electron chi connectivity index (χ4n) is 1.27. The molecule has 1 heterocycles. The Bertz CT molecular complexity index is 168. The number of aldehydes is 1. The van der Waals surface area contributed by atoms with Gasteiger partial charge in [-0.15, -0.1) is 0 Å². The molecule has 0 aliphatic carbocycles. The van der Waals surface area contributed by atoms with Crippen LogP contribution in [0.25, 0.3) is 0 Å². The lowest BCUT2D eigenvalue weighted by Gasteiger charge is -2.29. The summed E-state index contributed by atoms with van der Waals surface area (Å²) in [5.41, 5.74) is -1.10. The predicted octanol–water partition coefficient (Wildman–Crippen LogP) is 0.714. The molecule has 0 N–H and O–H groups in total. The summed E-state index contributed by atoms with van der Waals surface area (Å²) in [7, 11) is 0. The predicted molar refractivity (Wildman–Crippen MR) is 39.3 cm³/mol. The van der Waals surface area contributed by atoms with Gasteiger partial charge in [0.2, 0.25) is 0 Å². The van der Waals surface area contributed by atoms with E-state index in [2.05, 4.69) is 0 Å². The molecule has 1 aliphatic rings. The maximum Gasteiger partial charge on any atom is 0.180 e. The van der Waals surface area contributed by atoms with Crippen molar-refractivity contribution in [3.05, 3.63) is 0 Å². The van der Waals surface area contributed by atoms with Crippen LogP contribution in [0.2, 0.25) is 0 Å². The number of carbonyl (C=O) groups excluding carboxylic acids is 2. The van der Waals surface area contributed by atoms with Gasteiger partial charge >= 0.3 is 0 Å². The summed E-state index contributed by atoms with van der Waals surface area (Å²) in [6, 6.07) is 0. The average molecular weight is 156 g/mol. The van der Waals surface area contributed by atoms with E-state index in [1.165, 1.54) is 6.92 Å². The maximum absolute atomic E-state index is 11.0. The maximum atomic E-state index is 11.0. The zero-order valence-corrected chi connectivity index (χ0v) is 6.63. The molecule has 0 spiro atoms. The summed E-state index contributed by atoms with van der Waals surface area (Å²) in [5.74, 6) is -0.174. The SMILES string of the molecule is CC(=O)C1(C=O)CCCCO1. The zero-order chi connectivity index (χ0) is 8.32. The van der Waals surface area contributed by atoms with Crippen LogP contribution in [0.15, 0.2) is 0 Å². The van der Waals surface area contributed by atoms with E-state index in [4.69, 9.17) is 4.74 Å². The highest BCUT2D eigenvalue weighted by atomic mass is 16.5. The third-order valence-corrected chi connectivity index (χ3v) is 2.09. The largest absolute Gasteiger partial charge is 0.360 e. The summed E-state index contributed by atoms with van der Waals surface area (Å²) in [5, 5.41) is 0. The molecule has 0 aromatic carbocycles. The van der Waals surface area contributed by atoms with Crippen LogP contribution >= 0.6 is 0 Å². The molecule has 1 atom stereocenters. The van der Waals surface area contributed by atoms with Crippen molar-refractivity contribution < 1.29 is 14.3 Å². The molecule has 0 saturated carbocycles. The molecule has 1 aliphatic heterocycles. The minimum Gasteiger partial charge on any atom is -0.360 e. The molecule has 0 radical (unpaired) electrons. The van der Waals surface area contributed by atoms with Crippen LogP contribution in [0, 0.1) is 0 Å². The number of Topliss-reactive ketones (excluding diaryl/α,β-unsaturated/α-hetero) is 1. The van der Waals surface area contributed by atoms with Crippen LogP contribution in [-0.2, 0) is 14.3 Å². The van der Waals surface area contributed by atoms with Gasteiger partial charge in [0.05, 0.1) is 0 Å². The molecule has 11 heavy (non-hydrogen) atoms. The molecular formula is C8H12O3. The minimum atomic E-state index is -1.10. The smallest absolute Gasteiger partial charge is 0.180 e. The number of ether oxygens (including phenoxy) is 1. The Labute approximate surface area is 65.7 Å². The van der Waals surface area contributed by atoms with Crippen LogP contribution in [0.1, 0.15) is 26.2 Å². The molecule has 3 heteroatoms. The van der Waals surface area contributed by atoms with Crippen molar-refractivity contribution in [2.24, 2.45) is 0 Å². The van der Waals surface area contributed by atoms with Crippen LogP contribution in [0.4, 0.5) is 0 Å². The highest BCUT2D eigenvalue weighted by molar-refractivity contribution is 6.00. The molecule has 62 valence electrons. The van der Waals surface area contributed by atoms with Gasteiger partial charge in [0, 0.05) is 6.61 Å². The average Bonchev–Trinajstić information content (AvgIpc) is 2.05. The van der Waals surface area contributed by atoms with Crippen LogP contribution in [-0.4, -0.2) is 24.3 Å². The molecule has 0 aromatic heterocycles. The van der Waals surface area contributed by atoms with E-state index in [1.54, 1.807) is 0 Å². The van der Waals surface area contributed by atoms with E-state index in [0.717, 1.165) is 12.8 Å². The summed E-state index contributed by atoms with van der Waals surface area (Å²) < 4.78 is 5.16. The first-order valence-electron chi connectivity index (χ1n) is 3.82. The quantitative estimate of drug-likeness (QED) is 0.437. The molecular weight excluding hydrogens is 144 g/mol. The summed E-state index contributed by atoms with van der Waals surface area (Å²) in [4.78, 5) is 21.6. The Morgan fingerprint density at radius 1 is 1.55 bits per heavy atom. The Balaban J connectivity index is 2.72. The molecule has 0 bridgehead atoms. The summed E-state index contributed by atoms with van der Waals surface area (Å²) in [6.07, 6.45) is 3.03. The van der Waals surface area contributed by atoms with Crippen molar-refractivity contribution >= 4 is 12.1 Å². The van der Waals surface area contributed by atoms with Gasteiger partial charge in [0.1, 0.15) is 0 Å². The number of ketones is 1. The Kier molecular flexibility index (Phi) is 2.39. The van der Waals surface area contributed by atoms with Crippen LogP contribution < -0.4 is 0 Å². The van der Waals surface area contributed by atoms with Gasteiger partial charge in [-0.2, -0.15) is 0 Å². The van der Waals surface area contributed by atoms with Gasteiger partial charge in [-0.1, -0.05) is 0 Å². The number of rotatable bonds is 2. The Hall–Kier alpha value is -0.700. The van der Waals surface area contributed by atoms with Crippen molar-refractivity contribution in [2.75, 3.05) is 6.61 Å². The zero-order valence-electron chi connectivity index (χ0n) is 6.63. The molecule has 0 aromatic rings. The molecule has 1 rings (SSSR count). The fraction of sp³-hybridized carbons (Fsp3) is 0.750. The van der Waals surface area contributed by atoms with E-state index in [0.29, 0.717) is 19.3 Å². The first-order valence-corrected chi connectivity index (χ1v) is 3.82. The van der Waals surface area contributed by atoms with Crippen molar-refractivity contribution in [2.45, 2.75) is 31.8 Å². The summed E-state index contributed by atoms with van der Waals surface area (Å²) in [6.45, 7) is 1.93. The number of carbonyl (C=O) groups is 2. The lowest BCUT2D eigenvalue weighted by Crippen LogP contribution is -2.44. The van der Waals surface area contributed by atoms with Gasteiger partial charge in [-0.3, -0.25) is 9.59 Å². The monoisotopic (exact) mass is 156 g/mol. The van der Waals surface area contributed by atoms with E-state index in [-0.39, 0.29) is 5.78 Å². The van der Waals surface area contributed by atoms with E-state index < -0.39 is 5.60 Å². The first kappa shape index (κ1) is 8.40. The highest BCUT2D eigenvalue weighted by Crippen LogP contribution is 2.23. The molecule has 1 fully saturated rings. The second-order valence-electron chi connectivity index (χ2n) is 2.87. The topological polar surface area (TPSA) is 43.4 Å². The van der Waals surface area contributed by atoms with E-state index >= 15 is 0 Å². The molecule has 3 nitrogen and oxygen atoms in total. The second-order valence-corrected chi connectivity index (χ2v) is 2.87. The highest BCUT2D eigenvalue weighted by Gasteiger charge is 2.37. The summed E-state index contributed by atoms with van der Waals surface area (Å²) >= 11 is 0. The number of hydrogen-bond donors (Lipinski definition) is 0. The second kappa shape index (κ2) is 3.13. The van der Waals surface area contributed by atoms with E-state index in [1.807, 2.05) is 0 Å². The van der Waals surface area contributed by atoms with Gasteiger partial charge in [0.25, 0.3) is 0 Å². The molecule has 1 unspecified atom stereocenters. The van der Waals surface area contributed by atoms with Crippen molar-refractivity contribution in [3.8, 4) is 0 Å². The van der Waals surface area contributed by atoms with Crippen molar-refractivity contribution in [1.82, 2.24) is 0 Å². The fourth-order valence-corrected chi connectivity index (χ4v) is 1.27. The van der Waals surface area contributed by atoms with Crippen LogP contribution in [0.5, 0.6) is 0 Å². The molecule has 0 amide bonds. The van der Waals surface area contributed by atoms with Crippen molar-refractivity contribution in [3.63, 3.8) is 0 Å². The van der Waals surface area contributed by atoms with Gasteiger partial charge in [0.15, 0.2) is 17.7 Å². The number of hydrogen-bond acceptors (Lipinski definition) is 3. The van der Waals surface area contributed by atoms with Gasteiger partial charge < -0.3 is 4.74 Å². The lowest BCUT2D eigenvalue weighted by atomic mass is 9.92.